The van der Waals surface area contributed by atoms with Crippen molar-refractivity contribution < 1.29 is 19.5 Å². The summed E-state index contributed by atoms with van der Waals surface area (Å²) in [4.78, 5) is 37.3. The van der Waals surface area contributed by atoms with Crippen LogP contribution in [0.4, 0.5) is 0 Å². The van der Waals surface area contributed by atoms with Crippen LogP contribution in [0.3, 0.4) is 0 Å². The number of nitrogens with zero attached hydrogens (tertiary/aromatic N) is 1. The monoisotopic (exact) mass is 280 g/mol. The molecule has 3 amide bonds. The maximum absolute atomic E-state index is 12.3. The Bertz CT molecular complexity index is 580. The number of hydrogen-bond acceptors (Lipinski definition) is 5. The molecule has 19 heavy (non-hydrogen) atoms. The van der Waals surface area contributed by atoms with Gasteiger partial charge in [0.2, 0.25) is 11.8 Å². The van der Waals surface area contributed by atoms with Crippen LogP contribution in [0.15, 0.2) is 5.38 Å². The molecule has 3 heterocycles. The largest absolute Gasteiger partial charge is 0.391 e. The molecule has 0 bridgehead atoms. The van der Waals surface area contributed by atoms with Gasteiger partial charge in [0.25, 0.3) is 5.91 Å². The first-order valence-corrected chi connectivity index (χ1v) is 6.84. The second-order valence-electron chi connectivity index (χ2n) is 4.62. The van der Waals surface area contributed by atoms with Gasteiger partial charge in [-0.3, -0.25) is 19.7 Å². The van der Waals surface area contributed by atoms with Gasteiger partial charge in [0.05, 0.1) is 12.2 Å². The van der Waals surface area contributed by atoms with E-state index in [1.54, 1.807) is 0 Å². The topological polar surface area (TPSA) is 86.7 Å². The predicted molar refractivity (Wildman–Crippen MR) is 66.3 cm³/mol. The van der Waals surface area contributed by atoms with Crippen molar-refractivity contribution in [2.24, 2.45) is 0 Å². The van der Waals surface area contributed by atoms with Gasteiger partial charge in [-0.15, -0.1) is 11.3 Å². The van der Waals surface area contributed by atoms with Gasteiger partial charge >= 0.3 is 0 Å². The molecular formula is C12H12N2O4S. The van der Waals surface area contributed by atoms with Crippen molar-refractivity contribution in [2.45, 2.75) is 32.0 Å². The number of aliphatic hydroxyl groups is 1. The van der Waals surface area contributed by atoms with E-state index in [1.165, 1.54) is 16.2 Å². The highest BCUT2D eigenvalue weighted by Crippen LogP contribution is 2.33. The van der Waals surface area contributed by atoms with Crippen molar-refractivity contribution in [1.82, 2.24) is 10.2 Å². The third-order valence-electron chi connectivity index (χ3n) is 3.49. The molecule has 100 valence electrons. The van der Waals surface area contributed by atoms with E-state index in [2.05, 4.69) is 5.32 Å². The van der Waals surface area contributed by atoms with E-state index in [0.29, 0.717) is 23.4 Å². The molecule has 1 saturated heterocycles. The molecule has 1 fully saturated rings. The van der Waals surface area contributed by atoms with Crippen LogP contribution >= 0.6 is 11.3 Å². The van der Waals surface area contributed by atoms with E-state index >= 15 is 0 Å². The first-order valence-electron chi connectivity index (χ1n) is 5.96. The fourth-order valence-corrected chi connectivity index (χ4v) is 3.45. The zero-order chi connectivity index (χ0) is 13.6. The number of thiophene rings is 1. The fourth-order valence-electron chi connectivity index (χ4n) is 2.56. The molecule has 6 nitrogen and oxygen atoms in total. The van der Waals surface area contributed by atoms with Gasteiger partial charge < -0.3 is 10.0 Å². The number of fused-ring (bicyclic) bond motifs is 1. The van der Waals surface area contributed by atoms with Crippen LogP contribution in [0.1, 0.15) is 33.6 Å². The Morgan fingerprint density at radius 1 is 1.42 bits per heavy atom. The molecule has 3 rings (SSSR count). The van der Waals surface area contributed by atoms with E-state index < -0.39 is 11.9 Å². The van der Waals surface area contributed by atoms with E-state index in [0.717, 1.165) is 5.56 Å². The summed E-state index contributed by atoms with van der Waals surface area (Å²) < 4.78 is 0. The number of carbonyl (C=O) groups is 3. The van der Waals surface area contributed by atoms with Gasteiger partial charge in [0.1, 0.15) is 6.04 Å². The standard InChI is InChI=1S/C12H12N2O4S/c15-4-8-10-6(5-19-8)3-14(12(10)18)7-1-2-9(16)13-11(7)17/h5,7,15H,1-4H2,(H,13,16,17). The Kier molecular flexibility index (Phi) is 2.87. The number of imide groups is 1. The van der Waals surface area contributed by atoms with Crippen molar-refractivity contribution in [1.29, 1.82) is 0 Å². The third-order valence-corrected chi connectivity index (χ3v) is 4.51. The summed E-state index contributed by atoms with van der Waals surface area (Å²) in [6.45, 7) is 0.200. The Labute approximate surface area is 113 Å². The average Bonchev–Trinajstić information content (AvgIpc) is 2.91. The SMILES string of the molecule is O=C1CCC(N2Cc3csc(CO)c3C2=O)C(=O)N1. The van der Waals surface area contributed by atoms with Gasteiger partial charge in [-0.05, 0) is 17.4 Å². The smallest absolute Gasteiger partial charge is 0.256 e. The van der Waals surface area contributed by atoms with Gasteiger partial charge in [-0.1, -0.05) is 0 Å². The second-order valence-corrected chi connectivity index (χ2v) is 5.58. The second kappa shape index (κ2) is 4.43. The minimum absolute atomic E-state index is 0.172. The number of amides is 3. The van der Waals surface area contributed by atoms with Crippen LogP contribution in [0, 0.1) is 0 Å². The molecule has 1 atom stereocenters. The third kappa shape index (κ3) is 1.85. The molecule has 0 spiro atoms. The summed E-state index contributed by atoms with van der Waals surface area (Å²) >= 11 is 1.35. The lowest BCUT2D eigenvalue weighted by Crippen LogP contribution is -2.52. The number of aliphatic hydroxyl groups excluding tert-OH is 1. The summed E-state index contributed by atoms with van der Waals surface area (Å²) in [5, 5.41) is 13.3. The van der Waals surface area contributed by atoms with Crippen molar-refractivity contribution in [3.8, 4) is 0 Å². The van der Waals surface area contributed by atoms with Crippen LogP contribution in [0.2, 0.25) is 0 Å². The molecule has 2 aliphatic rings. The molecule has 1 aromatic heterocycles. The van der Waals surface area contributed by atoms with Gasteiger partial charge in [0.15, 0.2) is 0 Å². The number of rotatable bonds is 2. The van der Waals surface area contributed by atoms with Crippen LogP contribution in [0.5, 0.6) is 0 Å². The highest BCUT2D eigenvalue weighted by Gasteiger charge is 2.40. The molecule has 0 radical (unpaired) electrons. The first-order chi connectivity index (χ1) is 9.11. The van der Waals surface area contributed by atoms with Crippen LogP contribution in [0.25, 0.3) is 0 Å². The molecule has 2 aliphatic heterocycles. The van der Waals surface area contributed by atoms with Crippen molar-refractivity contribution >= 4 is 29.1 Å². The van der Waals surface area contributed by atoms with Crippen molar-refractivity contribution in [3.05, 3.63) is 21.4 Å². The van der Waals surface area contributed by atoms with Gasteiger partial charge in [-0.2, -0.15) is 0 Å². The molecule has 0 aliphatic carbocycles. The highest BCUT2D eigenvalue weighted by atomic mass is 32.1. The molecule has 7 heteroatoms. The van der Waals surface area contributed by atoms with E-state index in [1.807, 2.05) is 5.38 Å². The lowest BCUT2D eigenvalue weighted by molar-refractivity contribution is -0.136. The van der Waals surface area contributed by atoms with E-state index in [-0.39, 0.29) is 24.8 Å². The summed E-state index contributed by atoms with van der Waals surface area (Å²) in [7, 11) is 0. The minimum atomic E-state index is -0.589. The summed E-state index contributed by atoms with van der Waals surface area (Å²) in [6.07, 6.45) is 0.610. The molecule has 1 unspecified atom stereocenters. The number of hydrogen-bond donors (Lipinski definition) is 2. The van der Waals surface area contributed by atoms with Crippen molar-refractivity contribution in [2.75, 3.05) is 0 Å². The van der Waals surface area contributed by atoms with Gasteiger partial charge in [0, 0.05) is 17.8 Å². The Morgan fingerprint density at radius 3 is 2.89 bits per heavy atom. The zero-order valence-electron chi connectivity index (χ0n) is 10.0. The fraction of sp³-hybridized carbons (Fsp3) is 0.417. The Balaban J connectivity index is 1.86. The highest BCUT2D eigenvalue weighted by molar-refractivity contribution is 7.10. The predicted octanol–water partition coefficient (Wildman–Crippen LogP) is 0.00140. The van der Waals surface area contributed by atoms with Crippen LogP contribution < -0.4 is 5.32 Å². The summed E-state index contributed by atoms with van der Waals surface area (Å²) in [5.74, 6) is -0.933. The Morgan fingerprint density at radius 2 is 2.21 bits per heavy atom. The van der Waals surface area contributed by atoms with Crippen molar-refractivity contribution in [3.63, 3.8) is 0 Å². The average molecular weight is 280 g/mol. The maximum atomic E-state index is 12.3. The minimum Gasteiger partial charge on any atom is -0.391 e. The molecule has 2 N–H and O–H groups in total. The molecule has 0 aromatic carbocycles. The number of carbonyl (C=O) groups excluding carboxylic acids is 3. The zero-order valence-corrected chi connectivity index (χ0v) is 10.8. The first kappa shape index (κ1) is 12.3. The normalized spacial score (nSPS) is 22.7. The summed E-state index contributed by atoms with van der Waals surface area (Å²) in [5.41, 5.74) is 1.38. The molecular weight excluding hydrogens is 268 g/mol. The summed E-state index contributed by atoms with van der Waals surface area (Å²) in [6, 6.07) is -0.589. The van der Waals surface area contributed by atoms with Crippen LogP contribution in [-0.2, 0) is 22.7 Å². The van der Waals surface area contributed by atoms with Gasteiger partial charge in [-0.25, -0.2) is 0 Å². The van der Waals surface area contributed by atoms with E-state index in [9.17, 15) is 19.5 Å². The quantitative estimate of drug-likeness (QED) is 0.747. The molecule has 0 saturated carbocycles. The van der Waals surface area contributed by atoms with E-state index in [4.69, 9.17) is 0 Å². The number of piperidine rings is 1. The van der Waals surface area contributed by atoms with Crippen LogP contribution in [-0.4, -0.2) is 33.8 Å². The number of nitrogens with one attached hydrogen (secondary N) is 1. The lowest BCUT2D eigenvalue weighted by atomic mass is 10.0. The molecule has 1 aromatic rings. The maximum Gasteiger partial charge on any atom is 0.256 e. The lowest BCUT2D eigenvalue weighted by Gasteiger charge is -2.29. The Hall–Kier alpha value is -1.73.